The van der Waals surface area contributed by atoms with Crippen molar-refractivity contribution in [1.82, 2.24) is 9.38 Å². The van der Waals surface area contributed by atoms with Gasteiger partial charge in [-0.05, 0) is 37.6 Å². The summed E-state index contributed by atoms with van der Waals surface area (Å²) < 4.78 is 1.97. The first-order valence-electron chi connectivity index (χ1n) is 7.47. The number of hydrogen-bond donors (Lipinski definition) is 0. The molecule has 0 saturated heterocycles. The van der Waals surface area contributed by atoms with Crippen LogP contribution in [-0.2, 0) is 11.2 Å². The van der Waals surface area contributed by atoms with Gasteiger partial charge in [0.2, 0.25) is 5.91 Å². The van der Waals surface area contributed by atoms with Crippen LogP contribution in [0.4, 0.5) is 5.69 Å². The predicted molar refractivity (Wildman–Crippen MR) is 88.1 cm³/mol. The highest BCUT2D eigenvalue weighted by Crippen LogP contribution is 2.16. The fourth-order valence-electron chi connectivity index (χ4n) is 2.65. The van der Waals surface area contributed by atoms with Gasteiger partial charge in [-0.1, -0.05) is 24.3 Å². The second-order valence-electron chi connectivity index (χ2n) is 5.30. The van der Waals surface area contributed by atoms with Gasteiger partial charge in [0.05, 0.1) is 12.1 Å². The summed E-state index contributed by atoms with van der Waals surface area (Å²) in [6, 6.07) is 13.8. The molecule has 4 nitrogen and oxygen atoms in total. The van der Waals surface area contributed by atoms with Crippen LogP contribution in [0.5, 0.6) is 0 Å². The van der Waals surface area contributed by atoms with E-state index >= 15 is 0 Å². The molecule has 0 aliphatic carbocycles. The number of carbonyl (C=O) groups is 1. The maximum Gasteiger partial charge on any atom is 0.233 e. The number of pyridine rings is 1. The average Bonchev–Trinajstić information content (AvgIpc) is 2.93. The minimum absolute atomic E-state index is 0.0646. The molecule has 112 valence electrons. The number of para-hydroxylation sites is 1. The van der Waals surface area contributed by atoms with Crippen molar-refractivity contribution in [2.45, 2.75) is 20.3 Å². The number of imidazole rings is 1. The van der Waals surface area contributed by atoms with Crippen molar-refractivity contribution in [3.05, 3.63) is 66.1 Å². The normalized spacial score (nSPS) is 10.8. The van der Waals surface area contributed by atoms with E-state index in [2.05, 4.69) is 4.98 Å². The van der Waals surface area contributed by atoms with E-state index in [0.29, 0.717) is 13.0 Å². The molecule has 0 spiro atoms. The van der Waals surface area contributed by atoms with Gasteiger partial charge in [-0.3, -0.25) is 4.79 Å². The third kappa shape index (κ3) is 2.72. The fourth-order valence-corrected chi connectivity index (χ4v) is 2.65. The number of hydrogen-bond acceptors (Lipinski definition) is 2. The van der Waals surface area contributed by atoms with Gasteiger partial charge in [-0.2, -0.15) is 0 Å². The van der Waals surface area contributed by atoms with Crippen LogP contribution in [-0.4, -0.2) is 21.8 Å². The van der Waals surface area contributed by atoms with Gasteiger partial charge in [0.25, 0.3) is 0 Å². The molecular formula is C18H19N3O. The molecule has 0 fully saturated rings. The number of amides is 1. The van der Waals surface area contributed by atoms with E-state index in [9.17, 15) is 4.79 Å². The third-order valence-electron chi connectivity index (χ3n) is 3.75. The number of aryl methyl sites for hydroxylation is 1. The number of nitrogens with zero attached hydrogens (tertiary/aromatic N) is 3. The minimum atomic E-state index is 0.0646. The summed E-state index contributed by atoms with van der Waals surface area (Å²) in [5, 5.41) is 0. The quantitative estimate of drug-likeness (QED) is 0.740. The molecule has 0 bridgehead atoms. The molecule has 22 heavy (non-hydrogen) atoms. The fraction of sp³-hybridized carbons (Fsp3) is 0.222. The molecule has 0 aliphatic heterocycles. The average molecular weight is 293 g/mol. The van der Waals surface area contributed by atoms with Gasteiger partial charge in [-0.25, -0.2) is 4.98 Å². The van der Waals surface area contributed by atoms with Crippen LogP contribution in [0.15, 0.2) is 54.9 Å². The lowest BCUT2D eigenvalue weighted by Gasteiger charge is -2.20. The summed E-state index contributed by atoms with van der Waals surface area (Å²) in [4.78, 5) is 18.9. The van der Waals surface area contributed by atoms with Crippen LogP contribution in [0.3, 0.4) is 0 Å². The molecule has 0 radical (unpaired) electrons. The zero-order valence-electron chi connectivity index (χ0n) is 12.9. The van der Waals surface area contributed by atoms with Crippen LogP contribution >= 0.6 is 0 Å². The lowest BCUT2D eigenvalue weighted by Crippen LogP contribution is -2.32. The lowest BCUT2D eigenvalue weighted by atomic mass is 10.2. The highest BCUT2D eigenvalue weighted by Gasteiger charge is 2.16. The van der Waals surface area contributed by atoms with Gasteiger partial charge in [-0.15, -0.1) is 0 Å². The van der Waals surface area contributed by atoms with Crippen molar-refractivity contribution in [1.29, 1.82) is 0 Å². The summed E-state index contributed by atoms with van der Waals surface area (Å²) in [6.07, 6.45) is 4.20. The van der Waals surface area contributed by atoms with E-state index in [1.54, 1.807) is 4.90 Å². The van der Waals surface area contributed by atoms with E-state index in [1.165, 1.54) is 0 Å². The number of aromatic nitrogens is 2. The molecule has 0 N–H and O–H groups in total. The lowest BCUT2D eigenvalue weighted by molar-refractivity contribution is -0.118. The number of carbonyl (C=O) groups excluding carboxylic acids is 1. The highest BCUT2D eigenvalue weighted by atomic mass is 16.2. The molecular weight excluding hydrogens is 274 g/mol. The second-order valence-corrected chi connectivity index (χ2v) is 5.30. The van der Waals surface area contributed by atoms with Gasteiger partial charge in [0.15, 0.2) is 0 Å². The molecule has 0 atom stereocenters. The second kappa shape index (κ2) is 6.02. The van der Waals surface area contributed by atoms with Crippen LogP contribution in [0.2, 0.25) is 0 Å². The smallest absolute Gasteiger partial charge is 0.233 e. The number of fused-ring (bicyclic) bond motifs is 1. The molecule has 3 aromatic rings. The van der Waals surface area contributed by atoms with Crippen molar-refractivity contribution >= 4 is 17.2 Å². The molecule has 1 amide bonds. The summed E-state index contributed by atoms with van der Waals surface area (Å²) >= 11 is 0. The molecule has 0 aliphatic rings. The Morgan fingerprint density at radius 1 is 1.18 bits per heavy atom. The van der Waals surface area contributed by atoms with Crippen molar-refractivity contribution in [3.8, 4) is 0 Å². The Morgan fingerprint density at radius 2 is 1.95 bits per heavy atom. The zero-order chi connectivity index (χ0) is 15.5. The van der Waals surface area contributed by atoms with Gasteiger partial charge in [0, 0.05) is 24.6 Å². The van der Waals surface area contributed by atoms with E-state index in [-0.39, 0.29) is 5.91 Å². The summed E-state index contributed by atoms with van der Waals surface area (Å²) in [6.45, 7) is 4.66. The van der Waals surface area contributed by atoms with Crippen molar-refractivity contribution < 1.29 is 4.79 Å². The highest BCUT2D eigenvalue weighted by molar-refractivity contribution is 5.94. The predicted octanol–water partition coefficient (Wildman–Crippen LogP) is 3.24. The maximum absolute atomic E-state index is 12.6. The first kappa shape index (κ1) is 14.3. The Kier molecular flexibility index (Phi) is 3.92. The number of anilines is 1. The van der Waals surface area contributed by atoms with Gasteiger partial charge >= 0.3 is 0 Å². The Morgan fingerprint density at radius 3 is 2.64 bits per heavy atom. The SMILES string of the molecule is CCN(C(=O)Cc1cn2cccc(C)c2n1)c1ccccc1. The Bertz CT molecular complexity index is 792. The summed E-state index contributed by atoms with van der Waals surface area (Å²) in [7, 11) is 0. The van der Waals surface area contributed by atoms with E-state index in [1.807, 2.05) is 73.1 Å². The van der Waals surface area contributed by atoms with Gasteiger partial charge in [0.1, 0.15) is 5.65 Å². The summed E-state index contributed by atoms with van der Waals surface area (Å²) in [5.41, 5.74) is 3.74. The molecule has 2 heterocycles. The van der Waals surface area contributed by atoms with Crippen LogP contribution in [0.1, 0.15) is 18.2 Å². The largest absolute Gasteiger partial charge is 0.312 e. The van der Waals surface area contributed by atoms with Gasteiger partial charge < -0.3 is 9.30 Å². The van der Waals surface area contributed by atoms with E-state index in [4.69, 9.17) is 0 Å². The summed E-state index contributed by atoms with van der Waals surface area (Å²) in [5.74, 6) is 0.0646. The topological polar surface area (TPSA) is 37.6 Å². The monoisotopic (exact) mass is 293 g/mol. The molecule has 0 saturated carbocycles. The molecule has 2 aromatic heterocycles. The van der Waals surface area contributed by atoms with Crippen molar-refractivity contribution in [2.24, 2.45) is 0 Å². The third-order valence-corrected chi connectivity index (χ3v) is 3.75. The Balaban J connectivity index is 1.84. The molecule has 4 heteroatoms. The zero-order valence-corrected chi connectivity index (χ0v) is 12.9. The van der Waals surface area contributed by atoms with Crippen molar-refractivity contribution in [2.75, 3.05) is 11.4 Å². The van der Waals surface area contributed by atoms with E-state index in [0.717, 1.165) is 22.6 Å². The first-order chi connectivity index (χ1) is 10.7. The van der Waals surface area contributed by atoms with Crippen molar-refractivity contribution in [3.63, 3.8) is 0 Å². The Hall–Kier alpha value is -2.62. The Labute approximate surface area is 130 Å². The molecule has 0 unspecified atom stereocenters. The standard InChI is InChI=1S/C18H19N3O/c1-3-21(16-9-5-4-6-10-16)17(22)12-15-13-20-11-7-8-14(2)18(20)19-15/h4-11,13H,3,12H2,1-2H3. The van der Waals surface area contributed by atoms with Crippen LogP contribution in [0, 0.1) is 6.92 Å². The first-order valence-corrected chi connectivity index (χ1v) is 7.47. The van der Waals surface area contributed by atoms with Crippen LogP contribution in [0.25, 0.3) is 5.65 Å². The molecule has 3 rings (SSSR count). The molecule has 1 aromatic carbocycles. The number of benzene rings is 1. The number of likely N-dealkylation sites (N-methyl/N-ethyl adjacent to an activating group) is 1. The van der Waals surface area contributed by atoms with Crippen LogP contribution < -0.4 is 4.90 Å². The minimum Gasteiger partial charge on any atom is -0.312 e. The van der Waals surface area contributed by atoms with E-state index < -0.39 is 0 Å². The number of rotatable bonds is 4. The maximum atomic E-state index is 12.6.